The molecule has 0 radical (unpaired) electrons. The second kappa shape index (κ2) is 9.33. The van der Waals surface area contributed by atoms with Crippen LogP contribution in [0.3, 0.4) is 0 Å². The van der Waals surface area contributed by atoms with Crippen molar-refractivity contribution in [1.82, 2.24) is 19.5 Å². The molecule has 0 fully saturated rings. The number of benzene rings is 1. The molecule has 0 atom stereocenters. The zero-order valence-electron chi connectivity index (χ0n) is 18.1. The van der Waals surface area contributed by atoms with Crippen LogP contribution in [0.25, 0.3) is 11.0 Å². The number of imidazole rings is 1. The minimum absolute atomic E-state index is 0.0698. The fraction of sp³-hybridized carbons (Fsp3) is 0.429. The van der Waals surface area contributed by atoms with Crippen LogP contribution in [0.4, 0.5) is 20.3 Å². The lowest BCUT2D eigenvalue weighted by Crippen LogP contribution is -2.42. The third-order valence-corrected chi connectivity index (χ3v) is 4.97. The lowest BCUT2D eigenvalue weighted by molar-refractivity contribution is 0.0986. The minimum atomic E-state index is -2.78. The molecule has 0 saturated carbocycles. The number of nitrogens with zero attached hydrogens (tertiary/aromatic N) is 3. The Morgan fingerprint density at radius 3 is 2.59 bits per heavy atom. The summed E-state index contributed by atoms with van der Waals surface area (Å²) in [6, 6.07) is 4.31. The molecule has 0 spiro atoms. The van der Waals surface area contributed by atoms with Gasteiger partial charge < -0.3 is 15.6 Å². The standard InChI is InChI=1S/C21H26F2N6O3/c1-4-5-8-28(15-17(24)29(10-11(2)3)21(32)27-19(15)30)20(31)12-6-7-13-14(9-12)26-18(25-13)16(22)23/h6-7,9,11,16H,4-5,8,10,24H2,1-3H3,(H,25,26)(H,27,30,32). The number of aromatic nitrogens is 4. The highest BCUT2D eigenvalue weighted by Crippen LogP contribution is 2.24. The lowest BCUT2D eigenvalue weighted by atomic mass is 10.1. The van der Waals surface area contributed by atoms with Crippen molar-refractivity contribution in [2.75, 3.05) is 17.2 Å². The molecule has 0 aliphatic heterocycles. The number of amides is 1. The van der Waals surface area contributed by atoms with Crippen molar-refractivity contribution in [3.05, 3.63) is 50.4 Å². The predicted molar refractivity (Wildman–Crippen MR) is 118 cm³/mol. The van der Waals surface area contributed by atoms with E-state index in [9.17, 15) is 23.2 Å². The first kappa shape index (κ1) is 23.2. The van der Waals surface area contributed by atoms with Crippen LogP contribution in [0.1, 0.15) is 56.2 Å². The number of anilines is 2. The molecule has 1 amide bonds. The van der Waals surface area contributed by atoms with E-state index in [4.69, 9.17) is 5.73 Å². The Labute approximate surface area is 182 Å². The first-order chi connectivity index (χ1) is 15.1. The molecule has 2 heterocycles. The number of hydrogen-bond donors (Lipinski definition) is 3. The number of rotatable bonds is 8. The lowest BCUT2D eigenvalue weighted by Gasteiger charge is -2.25. The number of nitrogen functional groups attached to an aromatic ring is 1. The first-order valence-corrected chi connectivity index (χ1v) is 10.4. The summed E-state index contributed by atoms with van der Waals surface area (Å²) in [6.07, 6.45) is -1.46. The zero-order chi connectivity index (χ0) is 23.6. The Hall–Kier alpha value is -3.50. The molecule has 3 rings (SSSR count). The molecule has 4 N–H and O–H groups in total. The van der Waals surface area contributed by atoms with E-state index in [1.807, 2.05) is 20.8 Å². The number of fused-ring (bicyclic) bond motifs is 1. The fourth-order valence-corrected chi connectivity index (χ4v) is 3.44. The Kier molecular flexibility index (Phi) is 6.75. The van der Waals surface area contributed by atoms with Gasteiger partial charge in [0.15, 0.2) is 11.5 Å². The van der Waals surface area contributed by atoms with Gasteiger partial charge in [0, 0.05) is 18.7 Å². The van der Waals surface area contributed by atoms with E-state index in [1.165, 1.54) is 27.7 Å². The second-order valence-corrected chi connectivity index (χ2v) is 7.96. The number of carbonyl (C=O) groups is 1. The van der Waals surface area contributed by atoms with Gasteiger partial charge in [0.25, 0.3) is 17.9 Å². The summed E-state index contributed by atoms with van der Waals surface area (Å²) in [7, 11) is 0. The Morgan fingerprint density at radius 1 is 1.25 bits per heavy atom. The number of alkyl halides is 2. The maximum absolute atomic E-state index is 13.4. The van der Waals surface area contributed by atoms with Gasteiger partial charge in [0.1, 0.15) is 5.82 Å². The molecule has 0 saturated heterocycles. The van der Waals surface area contributed by atoms with Gasteiger partial charge in [-0.25, -0.2) is 18.6 Å². The van der Waals surface area contributed by atoms with Crippen molar-refractivity contribution >= 4 is 28.4 Å². The maximum Gasteiger partial charge on any atom is 0.330 e. The number of unbranched alkanes of at least 4 members (excludes halogenated alkanes) is 1. The molecule has 32 heavy (non-hydrogen) atoms. The van der Waals surface area contributed by atoms with Gasteiger partial charge in [0.05, 0.1) is 11.0 Å². The van der Waals surface area contributed by atoms with Crippen molar-refractivity contribution in [1.29, 1.82) is 0 Å². The summed E-state index contributed by atoms with van der Waals surface area (Å²) in [4.78, 5) is 48.2. The van der Waals surface area contributed by atoms with E-state index in [1.54, 1.807) is 0 Å². The molecule has 0 bridgehead atoms. The van der Waals surface area contributed by atoms with Gasteiger partial charge in [0.2, 0.25) is 0 Å². The summed E-state index contributed by atoms with van der Waals surface area (Å²) >= 11 is 0. The van der Waals surface area contributed by atoms with Gasteiger partial charge in [-0.2, -0.15) is 0 Å². The number of halogens is 2. The molecular formula is C21H26F2N6O3. The van der Waals surface area contributed by atoms with Crippen molar-refractivity contribution in [3.63, 3.8) is 0 Å². The number of aromatic amines is 2. The Bertz CT molecular complexity index is 1240. The van der Waals surface area contributed by atoms with E-state index in [0.29, 0.717) is 11.9 Å². The third-order valence-electron chi connectivity index (χ3n) is 4.97. The SMILES string of the molecule is CCCCN(C(=O)c1ccc2nc(C(F)F)[nH]c2c1)c1c(N)n(CC(C)C)c(=O)[nH]c1=O. The number of nitrogens with one attached hydrogen (secondary N) is 2. The van der Waals surface area contributed by atoms with Crippen molar-refractivity contribution in [2.24, 2.45) is 5.92 Å². The van der Waals surface area contributed by atoms with Crippen LogP contribution >= 0.6 is 0 Å². The number of carbonyl (C=O) groups excluding carboxylic acids is 1. The summed E-state index contributed by atoms with van der Waals surface area (Å²) in [5.74, 6) is -1.06. The highest BCUT2D eigenvalue weighted by molar-refractivity contribution is 6.08. The number of hydrogen-bond acceptors (Lipinski definition) is 5. The number of H-pyrrole nitrogens is 2. The minimum Gasteiger partial charge on any atom is -0.383 e. The number of nitrogens with two attached hydrogens (primary N) is 1. The van der Waals surface area contributed by atoms with Gasteiger partial charge >= 0.3 is 5.69 Å². The molecule has 0 unspecified atom stereocenters. The van der Waals surface area contributed by atoms with E-state index in [0.717, 1.165) is 6.42 Å². The van der Waals surface area contributed by atoms with Crippen LogP contribution < -0.4 is 21.9 Å². The van der Waals surface area contributed by atoms with E-state index in [2.05, 4.69) is 15.0 Å². The second-order valence-electron chi connectivity index (χ2n) is 7.96. The van der Waals surface area contributed by atoms with Crippen LogP contribution in [-0.4, -0.2) is 32.0 Å². The molecule has 2 aromatic heterocycles. The highest BCUT2D eigenvalue weighted by Gasteiger charge is 2.26. The van der Waals surface area contributed by atoms with Crippen LogP contribution in [0.2, 0.25) is 0 Å². The van der Waals surface area contributed by atoms with E-state index in [-0.39, 0.29) is 41.6 Å². The molecule has 0 aliphatic carbocycles. The summed E-state index contributed by atoms with van der Waals surface area (Å²) in [6.45, 7) is 6.17. The first-order valence-electron chi connectivity index (χ1n) is 10.4. The zero-order valence-corrected chi connectivity index (χ0v) is 18.1. The molecule has 3 aromatic rings. The molecule has 172 valence electrons. The van der Waals surface area contributed by atoms with Gasteiger partial charge in [-0.15, -0.1) is 0 Å². The fourth-order valence-electron chi connectivity index (χ4n) is 3.44. The van der Waals surface area contributed by atoms with Gasteiger partial charge in [-0.1, -0.05) is 27.2 Å². The topological polar surface area (TPSA) is 130 Å². The maximum atomic E-state index is 13.4. The van der Waals surface area contributed by atoms with E-state index >= 15 is 0 Å². The predicted octanol–water partition coefficient (Wildman–Crippen LogP) is 3.04. The van der Waals surface area contributed by atoms with Crippen molar-refractivity contribution < 1.29 is 13.6 Å². The van der Waals surface area contributed by atoms with Gasteiger partial charge in [-0.3, -0.25) is 19.1 Å². The quantitative estimate of drug-likeness (QED) is 0.488. The molecule has 9 nitrogen and oxygen atoms in total. The highest BCUT2D eigenvalue weighted by atomic mass is 19.3. The molecular weight excluding hydrogens is 422 g/mol. The average molecular weight is 448 g/mol. The van der Waals surface area contributed by atoms with Gasteiger partial charge in [-0.05, 0) is 30.5 Å². The molecule has 11 heteroatoms. The summed E-state index contributed by atoms with van der Waals surface area (Å²) in [5, 5.41) is 0. The molecule has 1 aromatic carbocycles. The van der Waals surface area contributed by atoms with Crippen molar-refractivity contribution in [2.45, 2.75) is 46.6 Å². The third kappa shape index (κ3) is 4.56. The Balaban J connectivity index is 2.11. The average Bonchev–Trinajstić information content (AvgIpc) is 3.16. The van der Waals surface area contributed by atoms with Crippen LogP contribution in [0, 0.1) is 5.92 Å². The van der Waals surface area contributed by atoms with Crippen molar-refractivity contribution in [3.8, 4) is 0 Å². The Morgan fingerprint density at radius 2 is 1.97 bits per heavy atom. The smallest absolute Gasteiger partial charge is 0.330 e. The largest absolute Gasteiger partial charge is 0.383 e. The van der Waals surface area contributed by atoms with Crippen LogP contribution in [0.5, 0.6) is 0 Å². The normalized spacial score (nSPS) is 11.6. The summed E-state index contributed by atoms with van der Waals surface area (Å²) in [5.41, 5.74) is 5.41. The van der Waals surface area contributed by atoms with Crippen LogP contribution in [-0.2, 0) is 6.54 Å². The van der Waals surface area contributed by atoms with E-state index < -0.39 is 29.4 Å². The molecule has 0 aliphatic rings. The summed E-state index contributed by atoms with van der Waals surface area (Å²) < 4.78 is 27.1. The van der Waals surface area contributed by atoms with Crippen LogP contribution in [0.15, 0.2) is 27.8 Å². The monoisotopic (exact) mass is 448 g/mol.